The number of hydrogen-bond donors (Lipinski definition) is 2. The van der Waals surface area contributed by atoms with Crippen LogP contribution in [0.4, 0.5) is 5.69 Å². The molecule has 1 aliphatic rings. The Kier molecular flexibility index (Phi) is 6.64. The Labute approximate surface area is 156 Å². The van der Waals surface area contributed by atoms with Crippen molar-refractivity contribution >= 4 is 17.5 Å². The summed E-state index contributed by atoms with van der Waals surface area (Å²) >= 11 is 0. The van der Waals surface area contributed by atoms with Crippen molar-refractivity contribution in [2.45, 2.75) is 45.2 Å². The van der Waals surface area contributed by atoms with Gasteiger partial charge in [0.1, 0.15) is 0 Å². The van der Waals surface area contributed by atoms with Crippen molar-refractivity contribution in [2.24, 2.45) is 0 Å². The Bertz CT molecular complexity index is 614. The van der Waals surface area contributed by atoms with Gasteiger partial charge in [0.25, 0.3) is 0 Å². The van der Waals surface area contributed by atoms with Crippen molar-refractivity contribution < 1.29 is 9.59 Å². The van der Waals surface area contributed by atoms with E-state index in [1.54, 1.807) is 0 Å². The lowest BCUT2D eigenvalue weighted by Crippen LogP contribution is -2.49. The van der Waals surface area contributed by atoms with E-state index in [9.17, 15) is 9.59 Å². The first-order chi connectivity index (χ1) is 12.2. The van der Waals surface area contributed by atoms with Gasteiger partial charge in [-0.25, -0.2) is 0 Å². The molecule has 26 heavy (non-hydrogen) atoms. The highest BCUT2D eigenvalue weighted by Crippen LogP contribution is 2.26. The Morgan fingerprint density at radius 2 is 1.65 bits per heavy atom. The molecule has 2 N–H and O–H groups in total. The monoisotopic (exact) mass is 360 g/mol. The Morgan fingerprint density at radius 3 is 2.15 bits per heavy atom. The fraction of sp³-hybridized carbons (Fsp3) is 0.600. The van der Waals surface area contributed by atoms with Crippen LogP contribution in [-0.4, -0.2) is 56.0 Å². The molecule has 2 amide bonds. The van der Waals surface area contributed by atoms with Gasteiger partial charge in [0.05, 0.1) is 6.04 Å². The molecule has 0 spiro atoms. The molecule has 2 rings (SSSR count). The highest BCUT2D eigenvalue weighted by atomic mass is 16.2. The average molecular weight is 361 g/mol. The van der Waals surface area contributed by atoms with Crippen molar-refractivity contribution in [3.05, 3.63) is 29.8 Å². The molecule has 0 aromatic heterocycles. The number of carbonyl (C=O) groups is 2. The number of likely N-dealkylation sites (tertiary alicyclic amines) is 1. The van der Waals surface area contributed by atoms with Crippen LogP contribution in [0.3, 0.4) is 0 Å². The summed E-state index contributed by atoms with van der Waals surface area (Å²) in [5, 5.41) is 5.52. The first-order valence-corrected chi connectivity index (χ1v) is 9.29. The van der Waals surface area contributed by atoms with Crippen LogP contribution < -0.4 is 15.5 Å². The highest BCUT2D eigenvalue weighted by Gasteiger charge is 2.26. The zero-order valence-corrected chi connectivity index (χ0v) is 16.6. The van der Waals surface area contributed by atoms with Crippen LogP contribution in [-0.2, 0) is 9.59 Å². The second kappa shape index (κ2) is 8.54. The molecule has 6 heteroatoms. The lowest BCUT2D eigenvalue weighted by Gasteiger charge is -2.29. The average Bonchev–Trinajstić information content (AvgIpc) is 3.08. The SMILES string of the molecule is CN(C)c1ccc(C(CNC(=O)C(=O)NC(C)(C)C)N2CCCC2)cc1. The van der Waals surface area contributed by atoms with Gasteiger partial charge in [0.15, 0.2) is 0 Å². The lowest BCUT2D eigenvalue weighted by atomic mass is 10.0. The molecular formula is C20H32N4O2. The topological polar surface area (TPSA) is 64.7 Å². The molecule has 1 unspecified atom stereocenters. The van der Waals surface area contributed by atoms with Crippen LogP contribution in [0.5, 0.6) is 0 Å². The molecule has 1 atom stereocenters. The Morgan fingerprint density at radius 1 is 1.08 bits per heavy atom. The maximum atomic E-state index is 12.2. The minimum Gasteiger partial charge on any atom is -0.378 e. The number of benzene rings is 1. The number of nitrogens with one attached hydrogen (secondary N) is 2. The molecule has 1 saturated heterocycles. The second-order valence-corrected chi connectivity index (χ2v) is 8.16. The molecular weight excluding hydrogens is 328 g/mol. The summed E-state index contributed by atoms with van der Waals surface area (Å²) in [5.41, 5.74) is 1.88. The van der Waals surface area contributed by atoms with Gasteiger partial charge in [-0.15, -0.1) is 0 Å². The minimum absolute atomic E-state index is 0.0834. The van der Waals surface area contributed by atoms with Crippen LogP contribution in [0.1, 0.15) is 45.2 Å². The lowest BCUT2D eigenvalue weighted by molar-refractivity contribution is -0.140. The molecule has 1 aromatic rings. The summed E-state index contributed by atoms with van der Waals surface area (Å²) in [4.78, 5) is 28.6. The van der Waals surface area contributed by atoms with E-state index >= 15 is 0 Å². The van der Waals surface area contributed by atoms with E-state index in [1.165, 1.54) is 12.8 Å². The fourth-order valence-electron chi connectivity index (χ4n) is 3.17. The Hall–Kier alpha value is -2.08. The van der Waals surface area contributed by atoms with Crippen LogP contribution in [0, 0.1) is 0 Å². The van der Waals surface area contributed by atoms with Gasteiger partial charge < -0.3 is 15.5 Å². The number of amides is 2. The van der Waals surface area contributed by atoms with E-state index in [1.807, 2.05) is 34.9 Å². The molecule has 144 valence electrons. The van der Waals surface area contributed by atoms with E-state index in [0.29, 0.717) is 6.54 Å². The number of rotatable bonds is 5. The number of hydrogen-bond acceptors (Lipinski definition) is 4. The van der Waals surface area contributed by atoms with Crippen molar-refractivity contribution in [1.82, 2.24) is 15.5 Å². The van der Waals surface area contributed by atoms with Crippen LogP contribution in [0.2, 0.25) is 0 Å². The van der Waals surface area contributed by atoms with Crippen LogP contribution >= 0.6 is 0 Å². The number of nitrogens with zero attached hydrogens (tertiary/aromatic N) is 2. The molecule has 0 saturated carbocycles. The summed E-state index contributed by atoms with van der Waals surface area (Å²) in [7, 11) is 4.03. The molecule has 1 heterocycles. The fourth-order valence-corrected chi connectivity index (χ4v) is 3.17. The first-order valence-electron chi connectivity index (χ1n) is 9.29. The number of carbonyl (C=O) groups excluding carboxylic acids is 2. The predicted molar refractivity (Wildman–Crippen MR) is 105 cm³/mol. The van der Waals surface area contributed by atoms with Gasteiger partial charge in [0.2, 0.25) is 0 Å². The third-order valence-electron chi connectivity index (χ3n) is 4.53. The normalized spacial score (nSPS) is 16.2. The van der Waals surface area contributed by atoms with E-state index < -0.39 is 17.4 Å². The van der Waals surface area contributed by atoms with Crippen molar-refractivity contribution in [3.8, 4) is 0 Å². The standard InChI is InChI=1S/C20H32N4O2/c1-20(2,3)22-19(26)18(25)21-14-17(24-12-6-7-13-24)15-8-10-16(11-9-15)23(4)5/h8-11,17H,6-7,12-14H2,1-5H3,(H,21,25)(H,22,26). The summed E-state index contributed by atoms with van der Waals surface area (Å²) in [6.45, 7) is 8.04. The van der Waals surface area contributed by atoms with Gasteiger partial charge >= 0.3 is 11.8 Å². The van der Waals surface area contributed by atoms with Gasteiger partial charge in [0, 0.05) is 31.9 Å². The van der Waals surface area contributed by atoms with Crippen LogP contribution in [0.25, 0.3) is 0 Å². The van der Waals surface area contributed by atoms with Crippen molar-refractivity contribution in [3.63, 3.8) is 0 Å². The molecule has 6 nitrogen and oxygen atoms in total. The summed E-state index contributed by atoms with van der Waals surface area (Å²) in [6, 6.07) is 8.48. The maximum Gasteiger partial charge on any atom is 0.309 e. The molecule has 0 aliphatic carbocycles. The second-order valence-electron chi connectivity index (χ2n) is 8.16. The first kappa shape index (κ1) is 20.2. The molecule has 0 bridgehead atoms. The predicted octanol–water partition coefficient (Wildman–Crippen LogP) is 1.92. The summed E-state index contributed by atoms with van der Waals surface area (Å²) < 4.78 is 0. The smallest absolute Gasteiger partial charge is 0.309 e. The van der Waals surface area contributed by atoms with Crippen molar-refractivity contribution in [2.75, 3.05) is 38.6 Å². The van der Waals surface area contributed by atoms with Gasteiger partial charge in [-0.2, -0.15) is 0 Å². The maximum absolute atomic E-state index is 12.2. The largest absolute Gasteiger partial charge is 0.378 e. The van der Waals surface area contributed by atoms with Gasteiger partial charge in [-0.3, -0.25) is 14.5 Å². The highest BCUT2D eigenvalue weighted by molar-refractivity contribution is 6.35. The van der Waals surface area contributed by atoms with E-state index in [0.717, 1.165) is 24.3 Å². The summed E-state index contributed by atoms with van der Waals surface area (Å²) in [5.74, 6) is -1.16. The van der Waals surface area contributed by atoms with E-state index in [2.05, 4.69) is 44.7 Å². The third kappa shape index (κ3) is 5.73. The van der Waals surface area contributed by atoms with Gasteiger partial charge in [-0.05, 0) is 64.4 Å². The van der Waals surface area contributed by atoms with Gasteiger partial charge in [-0.1, -0.05) is 12.1 Å². The minimum atomic E-state index is -0.583. The third-order valence-corrected chi connectivity index (χ3v) is 4.53. The van der Waals surface area contributed by atoms with E-state index in [4.69, 9.17) is 0 Å². The quantitative estimate of drug-likeness (QED) is 0.788. The zero-order valence-electron chi connectivity index (χ0n) is 16.6. The van der Waals surface area contributed by atoms with Crippen LogP contribution in [0.15, 0.2) is 24.3 Å². The zero-order chi connectivity index (χ0) is 19.3. The Balaban J connectivity index is 2.06. The molecule has 1 aromatic carbocycles. The van der Waals surface area contributed by atoms with Crippen molar-refractivity contribution in [1.29, 1.82) is 0 Å². The summed E-state index contributed by atoms with van der Waals surface area (Å²) in [6.07, 6.45) is 2.34. The molecule has 0 radical (unpaired) electrons. The number of anilines is 1. The van der Waals surface area contributed by atoms with E-state index in [-0.39, 0.29) is 6.04 Å². The molecule has 1 fully saturated rings. The molecule has 1 aliphatic heterocycles.